The zero-order valence-corrected chi connectivity index (χ0v) is 14.1. The van der Waals surface area contributed by atoms with Crippen molar-refractivity contribution in [1.29, 1.82) is 0 Å². The first-order valence-electron chi connectivity index (χ1n) is 7.95. The largest absolute Gasteiger partial charge is 0.451 e. The molecule has 1 saturated heterocycles. The number of nitrogens with one attached hydrogen (secondary N) is 1. The van der Waals surface area contributed by atoms with Gasteiger partial charge in [0.25, 0.3) is 0 Å². The quantitative estimate of drug-likeness (QED) is 0.859. The van der Waals surface area contributed by atoms with Crippen LogP contribution in [0.25, 0.3) is 0 Å². The van der Waals surface area contributed by atoms with Gasteiger partial charge in [0.1, 0.15) is 0 Å². The molecular weight excluding hydrogens is 331 g/mol. The second-order valence-electron chi connectivity index (χ2n) is 5.98. The Labute approximate surface area is 144 Å². The molecule has 1 fully saturated rings. The average Bonchev–Trinajstić information content (AvgIpc) is 2.52. The molecule has 1 aliphatic rings. The van der Waals surface area contributed by atoms with E-state index in [1.54, 1.807) is 0 Å². The summed E-state index contributed by atoms with van der Waals surface area (Å²) in [5, 5.41) is 3.41. The molecule has 134 valence electrons. The molecule has 1 atom stereocenters. The van der Waals surface area contributed by atoms with Crippen LogP contribution in [0.2, 0.25) is 0 Å². The molecule has 0 spiro atoms. The fourth-order valence-electron chi connectivity index (χ4n) is 2.19. The van der Waals surface area contributed by atoms with Gasteiger partial charge in [-0.2, -0.15) is 13.2 Å². The van der Waals surface area contributed by atoms with Crippen LogP contribution in [0.15, 0.2) is 36.7 Å². The number of nitrogens with zero attached hydrogens (tertiary/aromatic N) is 2. The SMILES string of the molecule is CC(=O)c1cnc(C(F)(F)F)nc1.Cc1ccc(C[C@@H]2CCN2)cc1. The van der Waals surface area contributed by atoms with E-state index < -0.39 is 12.0 Å². The third-order valence-corrected chi connectivity index (χ3v) is 3.84. The third kappa shape index (κ3) is 5.94. The van der Waals surface area contributed by atoms with E-state index in [1.807, 2.05) is 0 Å². The Hall–Kier alpha value is -2.28. The molecule has 0 bridgehead atoms. The Morgan fingerprint density at radius 3 is 2.16 bits per heavy atom. The molecule has 0 amide bonds. The van der Waals surface area contributed by atoms with Crippen molar-refractivity contribution in [2.45, 2.75) is 38.9 Å². The van der Waals surface area contributed by atoms with Crippen LogP contribution in [0, 0.1) is 6.92 Å². The van der Waals surface area contributed by atoms with E-state index in [0.717, 1.165) is 18.4 Å². The molecular formula is C18H20F3N3O. The Morgan fingerprint density at radius 1 is 1.20 bits per heavy atom. The van der Waals surface area contributed by atoms with Gasteiger partial charge in [0.05, 0.1) is 5.56 Å². The Kier molecular flexibility index (Phi) is 6.25. The smallest absolute Gasteiger partial charge is 0.314 e. The van der Waals surface area contributed by atoms with E-state index in [4.69, 9.17) is 0 Å². The van der Waals surface area contributed by atoms with Crippen molar-refractivity contribution in [3.8, 4) is 0 Å². The average molecular weight is 351 g/mol. The predicted molar refractivity (Wildman–Crippen MR) is 88.3 cm³/mol. The summed E-state index contributed by atoms with van der Waals surface area (Å²) in [6.45, 7) is 4.56. The van der Waals surface area contributed by atoms with Crippen LogP contribution in [0.4, 0.5) is 13.2 Å². The van der Waals surface area contributed by atoms with Crippen LogP contribution >= 0.6 is 0 Å². The predicted octanol–water partition coefficient (Wildman–Crippen LogP) is 3.60. The molecule has 2 aromatic rings. The lowest BCUT2D eigenvalue weighted by Crippen LogP contribution is -2.44. The molecule has 2 heterocycles. The molecule has 0 radical (unpaired) electrons. The third-order valence-electron chi connectivity index (χ3n) is 3.84. The first-order valence-corrected chi connectivity index (χ1v) is 7.95. The number of rotatable bonds is 3. The summed E-state index contributed by atoms with van der Waals surface area (Å²) in [5.41, 5.74) is 2.87. The Balaban J connectivity index is 0.000000181. The van der Waals surface area contributed by atoms with Crippen LogP contribution in [-0.2, 0) is 12.6 Å². The van der Waals surface area contributed by atoms with Crippen molar-refractivity contribution in [3.63, 3.8) is 0 Å². The second kappa shape index (κ2) is 8.20. The van der Waals surface area contributed by atoms with Gasteiger partial charge >= 0.3 is 6.18 Å². The standard InChI is InChI=1S/C11H15N.C7H5F3N2O/c1-9-2-4-10(5-3-9)8-11-6-7-12-11;1-4(13)5-2-11-6(12-3-5)7(8,9)10/h2-5,11-12H,6-8H2,1H3;2-3H,1H3/t11-;/m0./s1. The van der Waals surface area contributed by atoms with E-state index >= 15 is 0 Å². The zero-order valence-electron chi connectivity index (χ0n) is 14.1. The van der Waals surface area contributed by atoms with E-state index in [-0.39, 0.29) is 11.3 Å². The number of halogens is 3. The molecule has 1 aliphatic heterocycles. The van der Waals surface area contributed by atoms with Gasteiger partial charge in [-0.3, -0.25) is 4.79 Å². The summed E-state index contributed by atoms with van der Waals surface area (Å²) < 4.78 is 35.7. The van der Waals surface area contributed by atoms with Crippen LogP contribution in [0.1, 0.15) is 40.7 Å². The van der Waals surface area contributed by atoms with Crippen LogP contribution < -0.4 is 5.32 Å². The minimum Gasteiger partial charge on any atom is -0.314 e. The number of aromatic nitrogens is 2. The molecule has 4 nitrogen and oxygen atoms in total. The monoisotopic (exact) mass is 351 g/mol. The number of hydrogen-bond acceptors (Lipinski definition) is 4. The lowest BCUT2D eigenvalue weighted by Gasteiger charge is -2.27. The van der Waals surface area contributed by atoms with Crippen molar-refractivity contribution < 1.29 is 18.0 Å². The summed E-state index contributed by atoms with van der Waals surface area (Å²) in [4.78, 5) is 16.7. The molecule has 1 aromatic heterocycles. The Bertz CT molecular complexity index is 693. The number of carbonyl (C=O) groups excluding carboxylic acids is 1. The second-order valence-corrected chi connectivity index (χ2v) is 5.98. The van der Waals surface area contributed by atoms with Crippen molar-refractivity contribution >= 4 is 5.78 Å². The maximum Gasteiger partial charge on any atom is 0.451 e. The number of benzene rings is 1. The van der Waals surface area contributed by atoms with Crippen molar-refractivity contribution in [2.24, 2.45) is 0 Å². The Morgan fingerprint density at radius 2 is 1.76 bits per heavy atom. The minimum atomic E-state index is -4.56. The molecule has 25 heavy (non-hydrogen) atoms. The summed E-state index contributed by atoms with van der Waals surface area (Å²) in [7, 11) is 0. The van der Waals surface area contributed by atoms with Crippen molar-refractivity contribution in [3.05, 3.63) is 59.2 Å². The van der Waals surface area contributed by atoms with Gasteiger partial charge in [-0.25, -0.2) is 9.97 Å². The highest BCUT2D eigenvalue weighted by atomic mass is 19.4. The topological polar surface area (TPSA) is 54.9 Å². The molecule has 1 aromatic carbocycles. The molecule has 1 N–H and O–H groups in total. The maximum absolute atomic E-state index is 11.9. The zero-order chi connectivity index (χ0) is 18.4. The first-order chi connectivity index (χ1) is 11.8. The van der Waals surface area contributed by atoms with Gasteiger partial charge in [-0.15, -0.1) is 0 Å². The van der Waals surface area contributed by atoms with Crippen LogP contribution in [0.5, 0.6) is 0 Å². The summed E-state index contributed by atoms with van der Waals surface area (Å²) in [6, 6.07) is 9.58. The van der Waals surface area contributed by atoms with Gasteiger partial charge in [0.15, 0.2) is 5.78 Å². The molecule has 3 rings (SSSR count). The number of alkyl halides is 3. The lowest BCUT2D eigenvalue weighted by atomic mass is 9.98. The minimum absolute atomic E-state index is 0.0630. The van der Waals surface area contributed by atoms with Gasteiger partial charge in [-0.1, -0.05) is 29.8 Å². The van der Waals surface area contributed by atoms with Crippen molar-refractivity contribution in [2.75, 3.05) is 6.54 Å². The van der Waals surface area contributed by atoms with Gasteiger partial charge in [-0.05, 0) is 38.8 Å². The summed E-state index contributed by atoms with van der Waals surface area (Å²) >= 11 is 0. The molecule has 0 unspecified atom stereocenters. The van der Waals surface area contributed by atoms with Gasteiger partial charge in [0.2, 0.25) is 5.82 Å². The van der Waals surface area contributed by atoms with Gasteiger partial charge in [0, 0.05) is 18.4 Å². The summed E-state index contributed by atoms with van der Waals surface area (Å²) in [5.74, 6) is -1.61. The van der Waals surface area contributed by atoms with Crippen LogP contribution in [-0.4, -0.2) is 28.3 Å². The van der Waals surface area contributed by atoms with E-state index in [2.05, 4.69) is 46.5 Å². The summed E-state index contributed by atoms with van der Waals surface area (Å²) in [6.07, 6.45) is -0.306. The maximum atomic E-state index is 11.9. The highest BCUT2D eigenvalue weighted by molar-refractivity contribution is 5.93. The molecule has 0 aliphatic carbocycles. The molecule has 0 saturated carbocycles. The molecule has 7 heteroatoms. The van der Waals surface area contributed by atoms with E-state index in [9.17, 15) is 18.0 Å². The number of ketones is 1. The number of carbonyl (C=O) groups is 1. The van der Waals surface area contributed by atoms with E-state index in [1.165, 1.54) is 37.4 Å². The fourth-order valence-corrected chi connectivity index (χ4v) is 2.19. The lowest BCUT2D eigenvalue weighted by molar-refractivity contribution is -0.145. The number of aryl methyl sites for hydroxylation is 1. The number of Topliss-reactive ketones (excluding diaryl/α,β-unsaturated/α-hetero) is 1. The van der Waals surface area contributed by atoms with E-state index in [0.29, 0.717) is 0 Å². The highest BCUT2D eigenvalue weighted by Crippen LogP contribution is 2.25. The highest BCUT2D eigenvalue weighted by Gasteiger charge is 2.34. The van der Waals surface area contributed by atoms with Crippen molar-refractivity contribution in [1.82, 2.24) is 15.3 Å². The van der Waals surface area contributed by atoms with Gasteiger partial charge < -0.3 is 5.32 Å². The first kappa shape index (κ1) is 19.1. The normalized spacial score (nSPS) is 16.4. The fraction of sp³-hybridized carbons (Fsp3) is 0.389. The number of hydrogen-bond donors (Lipinski definition) is 1. The van der Waals surface area contributed by atoms with Crippen LogP contribution in [0.3, 0.4) is 0 Å².